The molecular weight excluding hydrogens is 415 g/mol. The molecule has 0 aliphatic carbocycles. The number of amides is 1. The zero-order chi connectivity index (χ0) is 24.3. The Morgan fingerprint density at radius 1 is 1.03 bits per heavy atom. The van der Waals surface area contributed by atoms with Gasteiger partial charge in [0.15, 0.2) is 11.5 Å². The molecule has 8 heteroatoms. The smallest absolute Gasteiger partial charge is 0.399 e. The van der Waals surface area contributed by atoms with Crippen molar-refractivity contribution in [2.75, 3.05) is 7.05 Å². The Morgan fingerprint density at radius 2 is 1.67 bits per heavy atom. The third-order valence-electron chi connectivity index (χ3n) is 7.05. The van der Waals surface area contributed by atoms with Crippen LogP contribution in [0.5, 0.6) is 0 Å². The van der Waals surface area contributed by atoms with Crippen LogP contribution < -0.4 is 11.2 Å². The van der Waals surface area contributed by atoms with Crippen molar-refractivity contribution in [1.29, 1.82) is 0 Å². The maximum absolute atomic E-state index is 13.7. The van der Waals surface area contributed by atoms with Gasteiger partial charge in [-0.3, -0.25) is 14.7 Å². The maximum atomic E-state index is 13.7. The van der Waals surface area contributed by atoms with Gasteiger partial charge in [-0.25, -0.2) is 4.99 Å². The van der Waals surface area contributed by atoms with E-state index in [4.69, 9.17) is 20.0 Å². The van der Waals surface area contributed by atoms with Crippen molar-refractivity contribution >= 4 is 24.4 Å². The number of hydrogen-bond donors (Lipinski definition) is 1. The summed E-state index contributed by atoms with van der Waals surface area (Å²) in [7, 11) is 1.10. The normalized spacial score (nSPS) is 24.0. The second kappa shape index (κ2) is 7.67. The van der Waals surface area contributed by atoms with Crippen LogP contribution in [0.25, 0.3) is 0 Å². The van der Waals surface area contributed by atoms with Gasteiger partial charge in [0.25, 0.3) is 5.91 Å². The van der Waals surface area contributed by atoms with Gasteiger partial charge in [0.1, 0.15) is 0 Å². The van der Waals surface area contributed by atoms with E-state index in [1.807, 2.05) is 71.0 Å². The molecule has 1 aromatic heterocycles. The Kier molecular flexibility index (Phi) is 5.45. The van der Waals surface area contributed by atoms with Gasteiger partial charge in [-0.05, 0) is 69.3 Å². The Bertz CT molecular complexity index is 1130. The summed E-state index contributed by atoms with van der Waals surface area (Å²) in [5.41, 5.74) is 7.98. The van der Waals surface area contributed by atoms with Crippen LogP contribution in [-0.2, 0) is 19.6 Å². The summed E-state index contributed by atoms with van der Waals surface area (Å²) in [5.74, 6) is 0.181. The van der Waals surface area contributed by atoms with Crippen LogP contribution in [0.2, 0.25) is 0 Å². The van der Waals surface area contributed by atoms with E-state index >= 15 is 0 Å². The second-order valence-corrected chi connectivity index (χ2v) is 10.3. The molecule has 1 amide bonds. The third kappa shape index (κ3) is 3.65. The van der Waals surface area contributed by atoms with Crippen molar-refractivity contribution in [1.82, 2.24) is 9.88 Å². The van der Waals surface area contributed by atoms with Crippen molar-refractivity contribution in [2.24, 2.45) is 10.7 Å². The van der Waals surface area contributed by atoms with E-state index in [2.05, 4.69) is 18.8 Å². The van der Waals surface area contributed by atoms with E-state index in [1.54, 1.807) is 7.05 Å². The molecule has 2 N–H and O–H groups in total. The number of rotatable bonds is 4. The van der Waals surface area contributed by atoms with Gasteiger partial charge in [-0.1, -0.05) is 38.1 Å². The van der Waals surface area contributed by atoms with Crippen LogP contribution in [0.4, 0.5) is 0 Å². The van der Waals surface area contributed by atoms with Crippen LogP contribution >= 0.6 is 0 Å². The molecule has 2 aliphatic rings. The number of aryl methyl sites for hydroxylation is 1. The van der Waals surface area contributed by atoms with Crippen LogP contribution in [0.1, 0.15) is 70.0 Å². The van der Waals surface area contributed by atoms with Gasteiger partial charge in [-0.15, -0.1) is 0 Å². The number of carbonyl (C=O) groups excluding carboxylic acids is 1. The SMILES string of the molecule is Cc1cc(C2(c3cccc(B4OC(C)(C)C(C)(C)O4)c3)N=C(N)N(C)C2=O)cc(C(C)C)n1. The summed E-state index contributed by atoms with van der Waals surface area (Å²) < 4.78 is 12.5. The summed E-state index contributed by atoms with van der Waals surface area (Å²) in [5, 5.41) is 0. The van der Waals surface area contributed by atoms with Crippen molar-refractivity contribution in [3.63, 3.8) is 0 Å². The number of pyridine rings is 1. The van der Waals surface area contributed by atoms with Crippen LogP contribution in [0, 0.1) is 6.92 Å². The topological polar surface area (TPSA) is 90.0 Å². The van der Waals surface area contributed by atoms with Crippen molar-refractivity contribution in [3.05, 3.63) is 58.9 Å². The minimum Gasteiger partial charge on any atom is -0.399 e. The fourth-order valence-electron chi connectivity index (χ4n) is 4.27. The van der Waals surface area contributed by atoms with Crippen LogP contribution in [0.3, 0.4) is 0 Å². The first kappa shape index (κ1) is 23.5. The molecule has 0 spiro atoms. The van der Waals surface area contributed by atoms with E-state index in [1.165, 1.54) is 4.90 Å². The zero-order valence-corrected chi connectivity index (χ0v) is 20.8. The highest BCUT2D eigenvalue weighted by Crippen LogP contribution is 2.41. The molecule has 174 valence electrons. The van der Waals surface area contributed by atoms with Gasteiger partial charge in [-0.2, -0.15) is 0 Å². The van der Waals surface area contributed by atoms with Crippen molar-refractivity contribution in [3.8, 4) is 0 Å². The number of aliphatic imine (C=N–C) groups is 1. The van der Waals surface area contributed by atoms with Crippen molar-refractivity contribution < 1.29 is 14.1 Å². The average Bonchev–Trinajstić information content (AvgIpc) is 3.11. The molecule has 33 heavy (non-hydrogen) atoms. The molecule has 1 unspecified atom stereocenters. The fraction of sp³-hybridized carbons (Fsp3) is 0.480. The molecule has 1 fully saturated rings. The molecule has 7 nitrogen and oxygen atoms in total. The first-order valence-corrected chi connectivity index (χ1v) is 11.4. The highest BCUT2D eigenvalue weighted by molar-refractivity contribution is 6.62. The number of nitrogens with zero attached hydrogens (tertiary/aromatic N) is 3. The van der Waals surface area contributed by atoms with E-state index in [-0.39, 0.29) is 17.8 Å². The molecule has 0 bridgehead atoms. The highest BCUT2D eigenvalue weighted by atomic mass is 16.7. The van der Waals surface area contributed by atoms with E-state index < -0.39 is 23.9 Å². The lowest BCUT2D eigenvalue weighted by atomic mass is 9.74. The lowest BCUT2D eigenvalue weighted by molar-refractivity contribution is -0.129. The Morgan fingerprint density at radius 3 is 2.21 bits per heavy atom. The predicted molar refractivity (Wildman–Crippen MR) is 130 cm³/mol. The number of guanidine groups is 1. The molecule has 1 aromatic carbocycles. The summed E-state index contributed by atoms with van der Waals surface area (Å²) in [4.78, 5) is 24.5. The molecular formula is C25H33BN4O3. The first-order chi connectivity index (χ1) is 15.3. The van der Waals surface area contributed by atoms with E-state index in [0.717, 1.165) is 22.4 Å². The Balaban J connectivity index is 1.89. The standard InChI is InChI=1S/C25H33BN4O3/c1-15(2)20-14-18(12-16(3)28-20)25(21(31)30(8)22(27)29-25)17-10-9-11-19(13-17)26-32-23(4,5)24(6,7)33-26/h9-15H,1-8H3,(H2,27,29). The van der Waals surface area contributed by atoms with Gasteiger partial charge in [0, 0.05) is 18.4 Å². The second-order valence-electron chi connectivity index (χ2n) is 10.3. The summed E-state index contributed by atoms with van der Waals surface area (Å²) in [6.45, 7) is 14.2. The third-order valence-corrected chi connectivity index (χ3v) is 7.05. The van der Waals surface area contributed by atoms with Gasteiger partial charge in [0.05, 0.1) is 11.2 Å². The maximum Gasteiger partial charge on any atom is 0.494 e. The largest absolute Gasteiger partial charge is 0.494 e. The van der Waals surface area contributed by atoms with E-state index in [0.29, 0.717) is 5.56 Å². The summed E-state index contributed by atoms with van der Waals surface area (Å²) >= 11 is 0. The summed E-state index contributed by atoms with van der Waals surface area (Å²) in [6, 6.07) is 11.6. The van der Waals surface area contributed by atoms with Gasteiger partial charge >= 0.3 is 7.12 Å². The number of nitrogens with two attached hydrogens (primary N) is 1. The predicted octanol–water partition coefficient (Wildman–Crippen LogP) is 2.84. The van der Waals surface area contributed by atoms with E-state index in [9.17, 15) is 4.79 Å². The lowest BCUT2D eigenvalue weighted by Gasteiger charge is -2.32. The first-order valence-electron chi connectivity index (χ1n) is 11.4. The molecule has 0 radical (unpaired) electrons. The van der Waals surface area contributed by atoms with Crippen LogP contribution in [0.15, 0.2) is 41.4 Å². The van der Waals surface area contributed by atoms with Gasteiger partial charge < -0.3 is 15.0 Å². The highest BCUT2D eigenvalue weighted by Gasteiger charge is 2.53. The summed E-state index contributed by atoms with van der Waals surface area (Å²) in [6.07, 6.45) is 0. The fourth-order valence-corrected chi connectivity index (χ4v) is 4.27. The minimum absolute atomic E-state index is 0.182. The lowest BCUT2D eigenvalue weighted by Crippen LogP contribution is -2.42. The minimum atomic E-state index is -1.30. The number of benzene rings is 1. The molecule has 0 saturated carbocycles. The molecule has 1 atom stereocenters. The molecule has 3 heterocycles. The quantitative estimate of drug-likeness (QED) is 0.727. The van der Waals surface area contributed by atoms with Crippen molar-refractivity contribution in [2.45, 2.75) is 71.1 Å². The number of hydrogen-bond acceptors (Lipinski definition) is 6. The number of carbonyl (C=O) groups is 1. The monoisotopic (exact) mass is 448 g/mol. The average molecular weight is 448 g/mol. The Hall–Kier alpha value is -2.71. The molecule has 2 aliphatic heterocycles. The van der Waals surface area contributed by atoms with Crippen LogP contribution in [-0.4, -0.2) is 47.1 Å². The molecule has 4 rings (SSSR count). The Labute approximate surface area is 196 Å². The molecule has 2 aromatic rings. The number of aromatic nitrogens is 1. The number of likely N-dealkylation sites (N-methyl/N-ethyl adjacent to an activating group) is 1. The van der Waals surface area contributed by atoms with Gasteiger partial charge in [0.2, 0.25) is 0 Å². The molecule has 1 saturated heterocycles. The zero-order valence-electron chi connectivity index (χ0n) is 20.8.